The topological polar surface area (TPSA) is 38.9 Å². The van der Waals surface area contributed by atoms with Gasteiger partial charge in [0.2, 0.25) is 0 Å². The first kappa shape index (κ1) is 13.6. The van der Waals surface area contributed by atoms with Crippen LogP contribution in [-0.2, 0) is 6.42 Å². The van der Waals surface area contributed by atoms with Crippen molar-refractivity contribution < 1.29 is 0 Å². The molecule has 1 saturated carbocycles. The van der Waals surface area contributed by atoms with Gasteiger partial charge in [-0.15, -0.1) is 0 Å². The molecule has 1 fully saturated rings. The number of aromatic nitrogens is 1. The zero-order chi connectivity index (χ0) is 14.0. The average Bonchev–Trinajstić information content (AvgIpc) is 2.47. The van der Waals surface area contributed by atoms with E-state index in [1.807, 2.05) is 12.3 Å². The minimum atomic E-state index is -0.0248. The molecule has 1 heterocycles. The van der Waals surface area contributed by atoms with Gasteiger partial charge >= 0.3 is 0 Å². The van der Waals surface area contributed by atoms with Gasteiger partial charge in [-0.05, 0) is 42.9 Å². The molecule has 1 aliphatic rings. The largest absolute Gasteiger partial charge is 0.325 e. The average molecular weight is 268 g/mol. The number of hydrogen-bond acceptors (Lipinski definition) is 2. The maximum Gasteiger partial charge on any atom is 0.0704 e. The number of para-hydroxylation sites is 1. The highest BCUT2D eigenvalue weighted by Crippen LogP contribution is 2.35. The van der Waals surface area contributed by atoms with E-state index < -0.39 is 0 Å². The number of benzene rings is 1. The Morgan fingerprint density at radius 1 is 1.30 bits per heavy atom. The molecule has 1 aromatic carbocycles. The molecule has 0 aliphatic heterocycles. The molecule has 0 amide bonds. The molecular formula is C18H24N2. The van der Waals surface area contributed by atoms with Gasteiger partial charge in [-0.2, -0.15) is 0 Å². The fourth-order valence-corrected chi connectivity index (χ4v) is 3.72. The summed E-state index contributed by atoms with van der Waals surface area (Å²) in [5.74, 6) is 0.807. The zero-order valence-electron chi connectivity index (χ0n) is 12.3. The maximum absolute atomic E-state index is 6.73. The molecule has 0 radical (unpaired) electrons. The van der Waals surface area contributed by atoms with Crippen LogP contribution in [0.1, 0.15) is 44.6 Å². The molecule has 0 spiro atoms. The lowest BCUT2D eigenvalue weighted by Crippen LogP contribution is -2.46. The quantitative estimate of drug-likeness (QED) is 0.911. The fourth-order valence-electron chi connectivity index (χ4n) is 3.72. The SMILES string of the molecule is CCC1CCCC(N)(Cc2ccnc3ccccc23)C1. The minimum Gasteiger partial charge on any atom is -0.325 e. The summed E-state index contributed by atoms with van der Waals surface area (Å²) in [6.45, 7) is 2.29. The summed E-state index contributed by atoms with van der Waals surface area (Å²) >= 11 is 0. The van der Waals surface area contributed by atoms with Crippen molar-refractivity contribution in [2.45, 2.75) is 51.0 Å². The lowest BCUT2D eigenvalue weighted by Gasteiger charge is -2.38. The van der Waals surface area contributed by atoms with Gasteiger partial charge in [0.15, 0.2) is 0 Å². The summed E-state index contributed by atoms with van der Waals surface area (Å²) < 4.78 is 0. The van der Waals surface area contributed by atoms with E-state index in [0.29, 0.717) is 0 Å². The first-order valence-electron chi connectivity index (χ1n) is 7.82. The van der Waals surface area contributed by atoms with Crippen LogP contribution in [-0.4, -0.2) is 10.5 Å². The van der Waals surface area contributed by atoms with Crippen LogP contribution in [0.4, 0.5) is 0 Å². The molecule has 0 bridgehead atoms. The van der Waals surface area contributed by atoms with E-state index in [1.54, 1.807) is 0 Å². The van der Waals surface area contributed by atoms with Gasteiger partial charge in [-0.1, -0.05) is 44.4 Å². The van der Waals surface area contributed by atoms with Crippen LogP contribution < -0.4 is 5.73 Å². The van der Waals surface area contributed by atoms with Crippen molar-refractivity contribution in [3.8, 4) is 0 Å². The Morgan fingerprint density at radius 2 is 2.15 bits per heavy atom. The van der Waals surface area contributed by atoms with Crippen molar-refractivity contribution in [3.63, 3.8) is 0 Å². The summed E-state index contributed by atoms with van der Waals surface area (Å²) in [6, 6.07) is 10.5. The highest BCUT2D eigenvalue weighted by atomic mass is 14.7. The van der Waals surface area contributed by atoms with Gasteiger partial charge in [0.1, 0.15) is 0 Å². The predicted molar refractivity (Wildman–Crippen MR) is 84.6 cm³/mol. The standard InChI is InChI=1S/C18H24N2/c1-2-14-6-5-10-18(19,12-14)13-15-9-11-20-17-8-4-3-7-16(15)17/h3-4,7-9,11,14H,2,5-6,10,12-13,19H2,1H3. The Morgan fingerprint density at radius 3 is 3.00 bits per heavy atom. The molecule has 2 atom stereocenters. The van der Waals surface area contributed by atoms with E-state index in [-0.39, 0.29) is 5.54 Å². The molecule has 2 nitrogen and oxygen atoms in total. The number of rotatable bonds is 3. The molecule has 2 N–H and O–H groups in total. The van der Waals surface area contributed by atoms with Crippen molar-refractivity contribution in [2.75, 3.05) is 0 Å². The normalized spacial score (nSPS) is 26.8. The molecule has 106 valence electrons. The first-order valence-corrected chi connectivity index (χ1v) is 7.82. The number of pyridine rings is 1. The Kier molecular flexibility index (Phi) is 3.75. The highest BCUT2D eigenvalue weighted by molar-refractivity contribution is 5.81. The van der Waals surface area contributed by atoms with Crippen LogP contribution in [0.5, 0.6) is 0 Å². The third-order valence-corrected chi connectivity index (χ3v) is 4.84. The monoisotopic (exact) mass is 268 g/mol. The van der Waals surface area contributed by atoms with Crippen LogP contribution >= 0.6 is 0 Å². The summed E-state index contributed by atoms with van der Waals surface area (Å²) in [7, 11) is 0. The van der Waals surface area contributed by atoms with Crippen LogP contribution in [0.25, 0.3) is 10.9 Å². The number of nitrogens with two attached hydrogens (primary N) is 1. The summed E-state index contributed by atoms with van der Waals surface area (Å²) in [5, 5.41) is 1.26. The summed E-state index contributed by atoms with van der Waals surface area (Å²) in [4.78, 5) is 4.45. The third-order valence-electron chi connectivity index (χ3n) is 4.84. The van der Waals surface area contributed by atoms with E-state index >= 15 is 0 Å². The van der Waals surface area contributed by atoms with Gasteiger partial charge in [-0.25, -0.2) is 0 Å². The van der Waals surface area contributed by atoms with E-state index in [9.17, 15) is 0 Å². The fraction of sp³-hybridized carbons (Fsp3) is 0.500. The summed E-state index contributed by atoms with van der Waals surface area (Å²) in [5.41, 5.74) is 9.14. The van der Waals surface area contributed by atoms with Crippen molar-refractivity contribution in [1.29, 1.82) is 0 Å². The minimum absolute atomic E-state index is 0.0248. The maximum atomic E-state index is 6.73. The van der Waals surface area contributed by atoms with E-state index in [4.69, 9.17) is 5.73 Å². The lowest BCUT2D eigenvalue weighted by molar-refractivity contribution is 0.219. The molecule has 0 saturated heterocycles. The van der Waals surface area contributed by atoms with Crippen molar-refractivity contribution >= 4 is 10.9 Å². The number of nitrogens with zero attached hydrogens (tertiary/aromatic N) is 1. The van der Waals surface area contributed by atoms with Crippen LogP contribution in [0.3, 0.4) is 0 Å². The van der Waals surface area contributed by atoms with Crippen LogP contribution in [0.2, 0.25) is 0 Å². The van der Waals surface area contributed by atoms with Gasteiger partial charge in [0.05, 0.1) is 5.52 Å². The Bertz CT molecular complexity index is 587. The second-order valence-electron chi connectivity index (χ2n) is 6.40. The Hall–Kier alpha value is -1.41. The van der Waals surface area contributed by atoms with Crippen molar-refractivity contribution in [3.05, 3.63) is 42.1 Å². The van der Waals surface area contributed by atoms with Crippen molar-refractivity contribution in [2.24, 2.45) is 11.7 Å². The Balaban J connectivity index is 1.89. The van der Waals surface area contributed by atoms with Crippen LogP contribution in [0.15, 0.2) is 36.5 Å². The Labute approximate surface area is 121 Å². The lowest BCUT2D eigenvalue weighted by atomic mass is 9.72. The molecule has 2 aromatic rings. The molecule has 3 rings (SSSR count). The summed E-state index contributed by atoms with van der Waals surface area (Å²) in [6.07, 6.45) is 9.11. The van der Waals surface area contributed by atoms with Gasteiger partial charge in [0.25, 0.3) is 0 Å². The van der Waals surface area contributed by atoms with E-state index in [2.05, 4.69) is 36.2 Å². The van der Waals surface area contributed by atoms with Crippen molar-refractivity contribution in [1.82, 2.24) is 4.98 Å². The van der Waals surface area contributed by atoms with E-state index in [0.717, 1.165) is 24.3 Å². The zero-order valence-corrected chi connectivity index (χ0v) is 12.3. The van der Waals surface area contributed by atoms with E-state index in [1.165, 1.54) is 36.6 Å². The molecule has 1 aliphatic carbocycles. The molecule has 1 aromatic heterocycles. The van der Waals surface area contributed by atoms with Gasteiger partial charge in [0, 0.05) is 17.1 Å². The molecule has 2 unspecified atom stereocenters. The number of hydrogen-bond donors (Lipinski definition) is 1. The molecule has 20 heavy (non-hydrogen) atoms. The highest BCUT2D eigenvalue weighted by Gasteiger charge is 2.32. The second kappa shape index (κ2) is 5.53. The second-order valence-corrected chi connectivity index (χ2v) is 6.40. The first-order chi connectivity index (χ1) is 9.70. The third kappa shape index (κ3) is 2.71. The van der Waals surface area contributed by atoms with Gasteiger partial charge < -0.3 is 5.73 Å². The molecule has 2 heteroatoms. The number of fused-ring (bicyclic) bond motifs is 1. The predicted octanol–water partition coefficient (Wildman–Crippen LogP) is 4.08. The van der Waals surface area contributed by atoms with Gasteiger partial charge in [-0.3, -0.25) is 4.98 Å². The van der Waals surface area contributed by atoms with Crippen LogP contribution in [0, 0.1) is 5.92 Å². The molecular weight excluding hydrogens is 244 g/mol. The smallest absolute Gasteiger partial charge is 0.0704 e.